The molecule has 5 nitrogen and oxygen atoms in total. The van der Waals surface area contributed by atoms with Crippen molar-refractivity contribution in [2.24, 2.45) is 0 Å². The van der Waals surface area contributed by atoms with Gasteiger partial charge in [-0.2, -0.15) is 0 Å². The summed E-state index contributed by atoms with van der Waals surface area (Å²) in [6.45, 7) is 0.527. The first kappa shape index (κ1) is 14.3. The third-order valence-corrected chi connectivity index (χ3v) is 3.52. The van der Waals surface area contributed by atoms with E-state index in [0.717, 1.165) is 5.56 Å². The minimum Gasteiger partial charge on any atom is -0.493 e. The van der Waals surface area contributed by atoms with Crippen LogP contribution in [0.25, 0.3) is 0 Å². The Labute approximate surface area is 128 Å². The minimum absolute atomic E-state index is 0.216. The van der Waals surface area contributed by atoms with E-state index < -0.39 is 11.9 Å². The van der Waals surface area contributed by atoms with E-state index in [4.69, 9.17) is 14.2 Å². The van der Waals surface area contributed by atoms with Crippen LogP contribution in [0.5, 0.6) is 17.2 Å². The van der Waals surface area contributed by atoms with Crippen LogP contribution in [0.4, 0.5) is 0 Å². The Hall–Kier alpha value is -2.69. The Bertz CT molecular complexity index is 653. The highest BCUT2D eigenvalue weighted by atomic mass is 16.7. The van der Waals surface area contributed by atoms with Crippen LogP contribution < -0.4 is 14.2 Å². The molecule has 114 valence electrons. The van der Waals surface area contributed by atoms with Crippen LogP contribution in [0.2, 0.25) is 0 Å². The molecule has 0 spiro atoms. The summed E-state index contributed by atoms with van der Waals surface area (Å²) in [5.41, 5.74) is 0.782. The van der Waals surface area contributed by atoms with Gasteiger partial charge in [-0.15, -0.1) is 0 Å². The van der Waals surface area contributed by atoms with E-state index in [1.165, 1.54) is 0 Å². The quantitative estimate of drug-likeness (QED) is 0.888. The zero-order valence-electron chi connectivity index (χ0n) is 11.9. The zero-order chi connectivity index (χ0) is 15.4. The molecule has 5 heteroatoms. The highest BCUT2D eigenvalue weighted by Crippen LogP contribution is 2.35. The highest BCUT2D eigenvalue weighted by molar-refractivity contribution is 5.76. The van der Waals surface area contributed by atoms with Crippen molar-refractivity contribution in [3.05, 3.63) is 54.1 Å². The number of ether oxygens (including phenoxy) is 3. The number of fused-ring (bicyclic) bond motifs is 1. The largest absolute Gasteiger partial charge is 0.493 e. The maximum absolute atomic E-state index is 11.4. The molecule has 0 aromatic heterocycles. The van der Waals surface area contributed by atoms with Gasteiger partial charge in [-0.05, 0) is 24.1 Å². The van der Waals surface area contributed by atoms with E-state index in [1.54, 1.807) is 18.2 Å². The molecule has 22 heavy (non-hydrogen) atoms. The van der Waals surface area contributed by atoms with Crippen molar-refractivity contribution in [1.29, 1.82) is 0 Å². The maximum Gasteiger partial charge on any atom is 0.311 e. The van der Waals surface area contributed by atoms with Gasteiger partial charge in [0, 0.05) is 6.07 Å². The topological polar surface area (TPSA) is 65.0 Å². The summed E-state index contributed by atoms with van der Waals surface area (Å²) < 4.78 is 16.1. The number of carbonyl (C=O) groups is 1. The summed E-state index contributed by atoms with van der Waals surface area (Å²) >= 11 is 0. The van der Waals surface area contributed by atoms with Crippen LogP contribution in [0.15, 0.2) is 48.5 Å². The number of hydrogen-bond donors (Lipinski definition) is 1. The van der Waals surface area contributed by atoms with Gasteiger partial charge in [0.25, 0.3) is 0 Å². The smallest absolute Gasteiger partial charge is 0.311 e. The van der Waals surface area contributed by atoms with Crippen molar-refractivity contribution in [3.8, 4) is 17.2 Å². The van der Waals surface area contributed by atoms with Gasteiger partial charge in [-0.25, -0.2) is 0 Å². The normalized spacial score (nSPS) is 13.6. The van der Waals surface area contributed by atoms with Crippen molar-refractivity contribution < 1.29 is 24.1 Å². The third kappa shape index (κ3) is 3.14. The van der Waals surface area contributed by atoms with E-state index in [9.17, 15) is 9.90 Å². The standard InChI is InChI=1S/C17H16O5/c18-17(19)14(12-4-2-1-3-5-12)8-9-20-13-6-7-15-16(10-13)22-11-21-15/h1-7,10,14H,8-9,11H2,(H,18,19). The number of rotatable bonds is 6. The van der Waals surface area contributed by atoms with Gasteiger partial charge in [-0.3, -0.25) is 4.79 Å². The van der Waals surface area contributed by atoms with Gasteiger partial charge in [0.15, 0.2) is 11.5 Å². The molecule has 1 N–H and O–H groups in total. The molecule has 1 heterocycles. The van der Waals surface area contributed by atoms with E-state index in [0.29, 0.717) is 30.3 Å². The monoisotopic (exact) mass is 300 g/mol. The molecule has 1 aliphatic rings. The van der Waals surface area contributed by atoms with Crippen molar-refractivity contribution in [2.45, 2.75) is 12.3 Å². The van der Waals surface area contributed by atoms with Crippen molar-refractivity contribution in [2.75, 3.05) is 13.4 Å². The Morgan fingerprint density at radius 1 is 1.14 bits per heavy atom. The number of carboxylic acid groups (broad SMARTS) is 1. The number of hydrogen-bond acceptors (Lipinski definition) is 4. The number of aliphatic carboxylic acids is 1. The van der Waals surface area contributed by atoms with Crippen molar-refractivity contribution in [1.82, 2.24) is 0 Å². The molecule has 0 radical (unpaired) electrons. The molecule has 0 aliphatic carbocycles. The number of benzene rings is 2. The van der Waals surface area contributed by atoms with Crippen molar-refractivity contribution >= 4 is 5.97 Å². The summed E-state index contributed by atoms with van der Waals surface area (Å²) in [6.07, 6.45) is 0.397. The SMILES string of the molecule is O=C(O)C(CCOc1ccc2c(c1)OCO2)c1ccccc1. The Morgan fingerprint density at radius 2 is 1.91 bits per heavy atom. The summed E-state index contributed by atoms with van der Waals surface area (Å²) in [4.78, 5) is 11.4. The Kier molecular flexibility index (Phi) is 4.14. The second-order valence-corrected chi connectivity index (χ2v) is 4.95. The lowest BCUT2D eigenvalue weighted by Crippen LogP contribution is -2.15. The van der Waals surface area contributed by atoms with Crippen LogP contribution in [0.3, 0.4) is 0 Å². The van der Waals surface area contributed by atoms with Gasteiger partial charge in [0.1, 0.15) is 5.75 Å². The second kappa shape index (κ2) is 6.39. The van der Waals surface area contributed by atoms with Gasteiger partial charge < -0.3 is 19.3 Å². The predicted molar refractivity (Wildman–Crippen MR) is 79.5 cm³/mol. The molecule has 0 fully saturated rings. The Morgan fingerprint density at radius 3 is 2.68 bits per heavy atom. The molecule has 0 saturated heterocycles. The molecule has 0 amide bonds. The molecular formula is C17H16O5. The fourth-order valence-electron chi connectivity index (χ4n) is 2.38. The van der Waals surface area contributed by atoms with E-state index in [2.05, 4.69) is 0 Å². The van der Waals surface area contributed by atoms with Gasteiger partial charge in [-0.1, -0.05) is 30.3 Å². The molecule has 1 atom stereocenters. The molecule has 2 aromatic carbocycles. The van der Waals surface area contributed by atoms with Crippen molar-refractivity contribution in [3.63, 3.8) is 0 Å². The van der Waals surface area contributed by atoms with Crippen LogP contribution >= 0.6 is 0 Å². The molecule has 1 unspecified atom stereocenters. The first-order chi connectivity index (χ1) is 10.7. The molecular weight excluding hydrogens is 284 g/mol. The summed E-state index contributed by atoms with van der Waals surface area (Å²) in [5, 5.41) is 9.36. The molecule has 0 saturated carbocycles. The lowest BCUT2D eigenvalue weighted by Gasteiger charge is -2.13. The average Bonchev–Trinajstić information content (AvgIpc) is 2.99. The van der Waals surface area contributed by atoms with Crippen LogP contribution in [-0.4, -0.2) is 24.5 Å². The van der Waals surface area contributed by atoms with Crippen LogP contribution in [0, 0.1) is 0 Å². The van der Waals surface area contributed by atoms with Gasteiger partial charge >= 0.3 is 5.97 Å². The van der Waals surface area contributed by atoms with E-state index in [-0.39, 0.29) is 6.79 Å². The predicted octanol–water partition coefficient (Wildman–Crippen LogP) is 3.05. The highest BCUT2D eigenvalue weighted by Gasteiger charge is 2.20. The summed E-state index contributed by atoms with van der Waals surface area (Å²) in [6, 6.07) is 14.5. The lowest BCUT2D eigenvalue weighted by atomic mass is 9.96. The van der Waals surface area contributed by atoms with Crippen LogP contribution in [0.1, 0.15) is 17.9 Å². The molecule has 0 bridgehead atoms. The summed E-state index contributed by atoms with van der Waals surface area (Å²) in [5.74, 6) is 0.563. The second-order valence-electron chi connectivity index (χ2n) is 4.95. The lowest BCUT2D eigenvalue weighted by molar-refractivity contribution is -0.139. The third-order valence-electron chi connectivity index (χ3n) is 3.52. The Balaban J connectivity index is 1.60. The van der Waals surface area contributed by atoms with Crippen LogP contribution in [-0.2, 0) is 4.79 Å². The molecule has 2 aromatic rings. The van der Waals surface area contributed by atoms with E-state index in [1.807, 2.05) is 30.3 Å². The molecule has 3 rings (SSSR count). The van der Waals surface area contributed by atoms with E-state index >= 15 is 0 Å². The minimum atomic E-state index is -0.847. The summed E-state index contributed by atoms with van der Waals surface area (Å²) in [7, 11) is 0. The zero-order valence-corrected chi connectivity index (χ0v) is 11.9. The average molecular weight is 300 g/mol. The van der Waals surface area contributed by atoms with Gasteiger partial charge in [0.2, 0.25) is 6.79 Å². The number of carboxylic acids is 1. The fraction of sp³-hybridized carbons (Fsp3) is 0.235. The first-order valence-electron chi connectivity index (χ1n) is 7.04. The molecule has 1 aliphatic heterocycles. The van der Waals surface area contributed by atoms with Gasteiger partial charge in [0.05, 0.1) is 12.5 Å². The first-order valence-corrected chi connectivity index (χ1v) is 7.04. The maximum atomic E-state index is 11.4. The fourth-order valence-corrected chi connectivity index (χ4v) is 2.38.